The molecule has 0 amide bonds. The average Bonchev–Trinajstić information content (AvgIpc) is 2.82. The molecule has 0 atom stereocenters. The van der Waals surface area contributed by atoms with Crippen molar-refractivity contribution >= 4 is 5.69 Å². The molecule has 1 aromatic carbocycles. The summed E-state index contributed by atoms with van der Waals surface area (Å²) in [5.74, 6) is 0.781. The Morgan fingerprint density at radius 3 is 2.67 bits per heavy atom. The number of hydrogen-bond donors (Lipinski definition) is 1. The van der Waals surface area contributed by atoms with Gasteiger partial charge in [-0.05, 0) is 35.4 Å². The lowest BCUT2D eigenvalue weighted by atomic mass is 10.1. The highest BCUT2D eigenvalue weighted by atomic mass is 15.5. The van der Waals surface area contributed by atoms with Gasteiger partial charge in [0, 0.05) is 24.3 Å². The second-order valence-electron chi connectivity index (χ2n) is 4.36. The average molecular weight is 245 g/mol. The van der Waals surface area contributed by atoms with E-state index >= 15 is 0 Å². The van der Waals surface area contributed by atoms with Gasteiger partial charge in [0.25, 0.3) is 0 Å². The molecular formula is C13H19N5. The highest BCUT2D eigenvalue weighted by molar-refractivity contribution is 5.62. The van der Waals surface area contributed by atoms with E-state index in [0.717, 1.165) is 29.9 Å². The van der Waals surface area contributed by atoms with E-state index in [1.165, 1.54) is 0 Å². The Bertz CT molecular complexity index is 502. The number of hydrogen-bond acceptors (Lipinski definition) is 4. The molecule has 5 heteroatoms. The molecule has 1 heterocycles. The molecule has 0 bridgehead atoms. The van der Waals surface area contributed by atoms with Crippen LogP contribution in [0.3, 0.4) is 0 Å². The monoisotopic (exact) mass is 245 g/mol. The van der Waals surface area contributed by atoms with Gasteiger partial charge in [0.15, 0.2) is 5.82 Å². The molecule has 0 aliphatic heterocycles. The second-order valence-corrected chi connectivity index (χ2v) is 4.36. The van der Waals surface area contributed by atoms with Crippen LogP contribution in [0.15, 0.2) is 24.3 Å². The van der Waals surface area contributed by atoms with Gasteiger partial charge in [0.05, 0.1) is 0 Å². The van der Waals surface area contributed by atoms with E-state index in [9.17, 15) is 0 Å². The summed E-state index contributed by atoms with van der Waals surface area (Å²) >= 11 is 0. The molecule has 0 radical (unpaired) electrons. The molecule has 2 rings (SSSR count). The molecule has 1 N–H and O–H groups in total. The highest BCUT2D eigenvalue weighted by Gasteiger charge is 2.08. The summed E-state index contributed by atoms with van der Waals surface area (Å²) in [6.45, 7) is 4.38. The summed E-state index contributed by atoms with van der Waals surface area (Å²) in [6.07, 6.45) is 2.23. The molecule has 0 aliphatic rings. The SMILES string of the molecule is CCC(CC)Nc1cccc(-c2nnnn2C)c1. The normalized spacial score (nSPS) is 10.9. The van der Waals surface area contributed by atoms with Gasteiger partial charge in [0.2, 0.25) is 0 Å². The molecule has 18 heavy (non-hydrogen) atoms. The minimum atomic E-state index is 0.512. The van der Waals surface area contributed by atoms with Crippen molar-refractivity contribution in [3.63, 3.8) is 0 Å². The Labute approximate surface area is 107 Å². The number of nitrogens with one attached hydrogen (secondary N) is 1. The van der Waals surface area contributed by atoms with E-state index in [4.69, 9.17) is 0 Å². The number of aryl methyl sites for hydroxylation is 1. The van der Waals surface area contributed by atoms with E-state index in [1.54, 1.807) is 4.68 Å². The van der Waals surface area contributed by atoms with Crippen LogP contribution in [0.5, 0.6) is 0 Å². The maximum absolute atomic E-state index is 4.02. The number of tetrazole rings is 1. The summed E-state index contributed by atoms with van der Waals surface area (Å²) in [6, 6.07) is 8.71. The van der Waals surface area contributed by atoms with Crippen LogP contribution in [0.4, 0.5) is 5.69 Å². The zero-order valence-corrected chi connectivity index (χ0v) is 11.1. The number of nitrogens with zero attached hydrogens (tertiary/aromatic N) is 4. The minimum Gasteiger partial charge on any atom is -0.382 e. The molecule has 0 saturated carbocycles. The maximum Gasteiger partial charge on any atom is 0.181 e. The van der Waals surface area contributed by atoms with Crippen molar-refractivity contribution < 1.29 is 0 Å². The van der Waals surface area contributed by atoms with Gasteiger partial charge in [-0.15, -0.1) is 5.10 Å². The van der Waals surface area contributed by atoms with Crippen LogP contribution in [0.25, 0.3) is 11.4 Å². The Balaban J connectivity index is 2.23. The lowest BCUT2D eigenvalue weighted by molar-refractivity contribution is 0.672. The summed E-state index contributed by atoms with van der Waals surface area (Å²) in [7, 11) is 1.84. The molecule has 0 unspecified atom stereocenters. The van der Waals surface area contributed by atoms with Gasteiger partial charge in [-0.1, -0.05) is 26.0 Å². The summed E-state index contributed by atoms with van der Waals surface area (Å²) in [5, 5.41) is 15.1. The molecule has 1 aromatic heterocycles. The topological polar surface area (TPSA) is 55.6 Å². The Morgan fingerprint density at radius 1 is 1.28 bits per heavy atom. The first kappa shape index (κ1) is 12.5. The van der Waals surface area contributed by atoms with E-state index in [-0.39, 0.29) is 0 Å². The molecular weight excluding hydrogens is 226 g/mol. The number of benzene rings is 1. The van der Waals surface area contributed by atoms with Crippen LogP contribution in [-0.2, 0) is 7.05 Å². The van der Waals surface area contributed by atoms with Crippen LogP contribution >= 0.6 is 0 Å². The van der Waals surface area contributed by atoms with Gasteiger partial charge in [0.1, 0.15) is 0 Å². The van der Waals surface area contributed by atoms with Crippen LogP contribution in [0, 0.1) is 0 Å². The van der Waals surface area contributed by atoms with Crippen molar-refractivity contribution in [2.45, 2.75) is 32.7 Å². The summed E-state index contributed by atoms with van der Waals surface area (Å²) in [5.41, 5.74) is 2.14. The molecule has 0 spiro atoms. The first-order valence-electron chi connectivity index (χ1n) is 6.34. The van der Waals surface area contributed by atoms with Gasteiger partial charge >= 0.3 is 0 Å². The number of aromatic nitrogens is 4. The first-order valence-corrected chi connectivity index (χ1v) is 6.34. The van der Waals surface area contributed by atoms with Crippen molar-refractivity contribution in [3.8, 4) is 11.4 Å². The van der Waals surface area contributed by atoms with E-state index in [0.29, 0.717) is 6.04 Å². The lowest BCUT2D eigenvalue weighted by Gasteiger charge is -2.16. The minimum absolute atomic E-state index is 0.512. The van der Waals surface area contributed by atoms with Gasteiger partial charge in [-0.25, -0.2) is 4.68 Å². The molecule has 0 aliphatic carbocycles. The standard InChI is InChI=1S/C13H19N5/c1-4-11(5-2)14-12-8-6-7-10(9-12)13-15-16-17-18(13)3/h6-9,11,14H,4-5H2,1-3H3. The maximum atomic E-state index is 4.02. The molecule has 96 valence electrons. The van der Waals surface area contributed by atoms with Crippen molar-refractivity contribution in [1.29, 1.82) is 0 Å². The zero-order valence-electron chi connectivity index (χ0n) is 11.1. The third-order valence-corrected chi connectivity index (χ3v) is 3.10. The van der Waals surface area contributed by atoms with Gasteiger partial charge < -0.3 is 5.32 Å². The Kier molecular flexibility index (Phi) is 3.92. The van der Waals surface area contributed by atoms with Crippen molar-refractivity contribution in [3.05, 3.63) is 24.3 Å². The third kappa shape index (κ3) is 2.67. The predicted octanol–water partition coefficient (Wildman–Crippen LogP) is 2.48. The largest absolute Gasteiger partial charge is 0.382 e. The van der Waals surface area contributed by atoms with Crippen LogP contribution in [0.2, 0.25) is 0 Å². The van der Waals surface area contributed by atoms with Crippen LogP contribution < -0.4 is 5.32 Å². The fraction of sp³-hybridized carbons (Fsp3) is 0.462. The number of anilines is 1. The Hall–Kier alpha value is -1.91. The van der Waals surface area contributed by atoms with Crippen LogP contribution in [0.1, 0.15) is 26.7 Å². The lowest BCUT2D eigenvalue weighted by Crippen LogP contribution is -2.16. The van der Waals surface area contributed by atoms with Gasteiger partial charge in [-0.3, -0.25) is 0 Å². The number of rotatable bonds is 5. The molecule has 2 aromatic rings. The summed E-state index contributed by atoms with van der Waals surface area (Å²) in [4.78, 5) is 0. The molecule has 0 saturated heterocycles. The smallest absolute Gasteiger partial charge is 0.181 e. The van der Waals surface area contributed by atoms with E-state index in [1.807, 2.05) is 19.2 Å². The van der Waals surface area contributed by atoms with E-state index in [2.05, 4.69) is 46.8 Å². The quantitative estimate of drug-likeness (QED) is 0.879. The van der Waals surface area contributed by atoms with Gasteiger partial charge in [-0.2, -0.15) is 0 Å². The van der Waals surface area contributed by atoms with E-state index < -0.39 is 0 Å². The summed E-state index contributed by atoms with van der Waals surface area (Å²) < 4.78 is 1.68. The predicted molar refractivity (Wildman–Crippen MR) is 72.2 cm³/mol. The first-order chi connectivity index (χ1) is 8.74. The Morgan fingerprint density at radius 2 is 2.06 bits per heavy atom. The van der Waals surface area contributed by atoms with Crippen molar-refractivity contribution in [2.24, 2.45) is 7.05 Å². The second kappa shape index (κ2) is 5.62. The highest BCUT2D eigenvalue weighted by Crippen LogP contribution is 2.20. The van der Waals surface area contributed by atoms with Crippen LogP contribution in [-0.4, -0.2) is 26.2 Å². The van der Waals surface area contributed by atoms with Crippen molar-refractivity contribution in [2.75, 3.05) is 5.32 Å². The fourth-order valence-corrected chi connectivity index (χ4v) is 1.95. The zero-order chi connectivity index (χ0) is 13.0. The van der Waals surface area contributed by atoms with Crippen molar-refractivity contribution in [1.82, 2.24) is 20.2 Å². The third-order valence-electron chi connectivity index (χ3n) is 3.10. The molecule has 0 fully saturated rings. The molecule has 5 nitrogen and oxygen atoms in total. The fourth-order valence-electron chi connectivity index (χ4n) is 1.95.